The SMILES string of the molecule is CCCc1c(Cl)ncnc1-c1cccc(F)c1F. The smallest absolute Gasteiger partial charge is 0.168 e. The first-order valence-electron chi connectivity index (χ1n) is 5.59. The number of benzene rings is 1. The third kappa shape index (κ3) is 2.34. The van der Waals surface area contributed by atoms with Crippen molar-refractivity contribution in [1.29, 1.82) is 0 Å². The molecule has 0 radical (unpaired) electrons. The monoisotopic (exact) mass is 268 g/mol. The van der Waals surface area contributed by atoms with Crippen LogP contribution in [0.5, 0.6) is 0 Å². The van der Waals surface area contributed by atoms with E-state index in [2.05, 4.69) is 9.97 Å². The van der Waals surface area contributed by atoms with Crippen LogP contribution in [0.15, 0.2) is 24.5 Å². The molecular weight excluding hydrogens is 258 g/mol. The highest BCUT2D eigenvalue weighted by atomic mass is 35.5. The molecule has 0 atom stereocenters. The number of halogens is 3. The van der Waals surface area contributed by atoms with E-state index in [1.807, 2.05) is 6.92 Å². The van der Waals surface area contributed by atoms with E-state index in [4.69, 9.17) is 11.6 Å². The van der Waals surface area contributed by atoms with Gasteiger partial charge in [-0.25, -0.2) is 18.7 Å². The summed E-state index contributed by atoms with van der Waals surface area (Å²) in [5.41, 5.74) is 1.11. The van der Waals surface area contributed by atoms with Gasteiger partial charge < -0.3 is 0 Å². The van der Waals surface area contributed by atoms with Gasteiger partial charge in [0.05, 0.1) is 5.69 Å². The Balaban J connectivity index is 2.63. The van der Waals surface area contributed by atoms with E-state index in [0.717, 1.165) is 12.5 Å². The van der Waals surface area contributed by atoms with Crippen molar-refractivity contribution in [3.8, 4) is 11.3 Å². The van der Waals surface area contributed by atoms with Crippen molar-refractivity contribution in [2.75, 3.05) is 0 Å². The normalized spacial score (nSPS) is 10.7. The van der Waals surface area contributed by atoms with Gasteiger partial charge >= 0.3 is 0 Å². The van der Waals surface area contributed by atoms with Gasteiger partial charge in [0, 0.05) is 11.1 Å². The molecule has 0 fully saturated rings. The molecular formula is C13H11ClF2N2. The minimum atomic E-state index is -0.912. The minimum Gasteiger partial charge on any atom is -0.236 e. The molecule has 0 aliphatic rings. The van der Waals surface area contributed by atoms with Gasteiger partial charge in [-0.05, 0) is 18.6 Å². The molecule has 94 valence electrons. The van der Waals surface area contributed by atoms with Gasteiger partial charge in [0.25, 0.3) is 0 Å². The van der Waals surface area contributed by atoms with E-state index in [9.17, 15) is 8.78 Å². The molecule has 5 heteroatoms. The van der Waals surface area contributed by atoms with Crippen LogP contribution in [-0.4, -0.2) is 9.97 Å². The predicted molar refractivity (Wildman–Crippen MR) is 66.4 cm³/mol. The summed E-state index contributed by atoms with van der Waals surface area (Å²) in [6.45, 7) is 1.97. The summed E-state index contributed by atoms with van der Waals surface area (Å²) in [4.78, 5) is 7.90. The molecule has 1 aromatic carbocycles. The molecule has 18 heavy (non-hydrogen) atoms. The van der Waals surface area contributed by atoms with Crippen LogP contribution in [-0.2, 0) is 6.42 Å². The zero-order chi connectivity index (χ0) is 13.1. The molecule has 0 saturated heterocycles. The van der Waals surface area contributed by atoms with Crippen molar-refractivity contribution in [3.05, 3.63) is 46.9 Å². The lowest BCUT2D eigenvalue weighted by Gasteiger charge is -2.10. The number of rotatable bonds is 3. The molecule has 0 amide bonds. The van der Waals surface area contributed by atoms with Gasteiger partial charge in [-0.15, -0.1) is 0 Å². The Bertz CT molecular complexity index is 573. The van der Waals surface area contributed by atoms with Crippen LogP contribution in [0.25, 0.3) is 11.3 Å². The van der Waals surface area contributed by atoms with Crippen LogP contribution in [0.4, 0.5) is 8.78 Å². The van der Waals surface area contributed by atoms with Crippen molar-refractivity contribution in [2.24, 2.45) is 0 Å². The maximum Gasteiger partial charge on any atom is 0.168 e. The lowest BCUT2D eigenvalue weighted by molar-refractivity contribution is 0.511. The molecule has 0 bridgehead atoms. The first kappa shape index (κ1) is 12.9. The highest BCUT2D eigenvalue weighted by molar-refractivity contribution is 6.30. The maximum atomic E-state index is 13.8. The Morgan fingerprint density at radius 1 is 1.22 bits per heavy atom. The molecule has 2 nitrogen and oxygen atoms in total. The van der Waals surface area contributed by atoms with E-state index in [0.29, 0.717) is 17.7 Å². The number of hydrogen-bond acceptors (Lipinski definition) is 2. The number of hydrogen-bond donors (Lipinski definition) is 0. The zero-order valence-electron chi connectivity index (χ0n) is 9.75. The van der Waals surface area contributed by atoms with Crippen molar-refractivity contribution in [2.45, 2.75) is 19.8 Å². The molecule has 2 aromatic rings. The van der Waals surface area contributed by atoms with Crippen LogP contribution in [0.1, 0.15) is 18.9 Å². The second-order valence-corrected chi connectivity index (χ2v) is 4.20. The fraction of sp³-hybridized carbons (Fsp3) is 0.231. The number of nitrogens with zero attached hydrogens (tertiary/aromatic N) is 2. The fourth-order valence-corrected chi connectivity index (χ4v) is 2.01. The first-order chi connectivity index (χ1) is 8.65. The highest BCUT2D eigenvalue weighted by Gasteiger charge is 2.16. The fourth-order valence-electron chi connectivity index (χ4n) is 1.78. The van der Waals surface area contributed by atoms with Crippen LogP contribution in [0.3, 0.4) is 0 Å². The van der Waals surface area contributed by atoms with Gasteiger partial charge in [-0.2, -0.15) is 0 Å². The minimum absolute atomic E-state index is 0.114. The summed E-state index contributed by atoms with van der Waals surface area (Å²) in [5, 5.41) is 0.283. The molecule has 0 unspecified atom stereocenters. The molecule has 0 spiro atoms. The summed E-state index contributed by atoms with van der Waals surface area (Å²) in [7, 11) is 0. The summed E-state index contributed by atoms with van der Waals surface area (Å²) in [6, 6.07) is 4.00. The van der Waals surface area contributed by atoms with Gasteiger partial charge in [-0.3, -0.25) is 0 Å². The average Bonchev–Trinajstić information content (AvgIpc) is 2.36. The standard InChI is InChI=1S/C13H11ClF2N2/c1-2-4-9-12(17-7-18-13(9)14)8-5-3-6-10(15)11(8)16/h3,5-7H,2,4H2,1H3. The quantitative estimate of drug-likeness (QED) is 0.786. The third-order valence-electron chi connectivity index (χ3n) is 2.60. The number of aromatic nitrogens is 2. The van der Waals surface area contributed by atoms with Crippen LogP contribution < -0.4 is 0 Å². The summed E-state index contributed by atoms with van der Waals surface area (Å²) in [5.74, 6) is -1.81. The van der Waals surface area contributed by atoms with Crippen molar-refractivity contribution < 1.29 is 8.78 Å². The van der Waals surface area contributed by atoms with E-state index in [1.54, 1.807) is 0 Å². The second kappa shape index (κ2) is 5.40. The van der Waals surface area contributed by atoms with Crippen molar-refractivity contribution in [1.82, 2.24) is 9.97 Å². The predicted octanol–water partition coefficient (Wildman–Crippen LogP) is 4.03. The Kier molecular flexibility index (Phi) is 3.87. The van der Waals surface area contributed by atoms with Crippen LogP contribution in [0, 0.1) is 11.6 Å². The first-order valence-corrected chi connectivity index (χ1v) is 5.96. The summed E-state index contributed by atoms with van der Waals surface area (Å²) >= 11 is 5.98. The van der Waals surface area contributed by atoms with E-state index >= 15 is 0 Å². The molecule has 0 aliphatic heterocycles. The van der Waals surface area contributed by atoms with E-state index in [1.165, 1.54) is 18.5 Å². The summed E-state index contributed by atoms with van der Waals surface area (Å²) < 4.78 is 27.0. The Hall–Kier alpha value is -1.55. The highest BCUT2D eigenvalue weighted by Crippen LogP contribution is 2.29. The van der Waals surface area contributed by atoms with E-state index in [-0.39, 0.29) is 10.7 Å². The summed E-state index contributed by atoms with van der Waals surface area (Å²) in [6.07, 6.45) is 2.68. The lowest BCUT2D eigenvalue weighted by Crippen LogP contribution is -1.99. The molecule has 2 rings (SSSR count). The Labute approximate surface area is 109 Å². The molecule has 0 aliphatic carbocycles. The van der Waals surface area contributed by atoms with Crippen molar-refractivity contribution >= 4 is 11.6 Å². The molecule has 0 N–H and O–H groups in total. The van der Waals surface area contributed by atoms with Crippen LogP contribution >= 0.6 is 11.6 Å². The van der Waals surface area contributed by atoms with Gasteiger partial charge in [0.2, 0.25) is 0 Å². The molecule has 1 heterocycles. The zero-order valence-corrected chi connectivity index (χ0v) is 10.5. The molecule has 1 aromatic heterocycles. The van der Waals surface area contributed by atoms with Crippen LogP contribution in [0.2, 0.25) is 5.15 Å². The van der Waals surface area contributed by atoms with Gasteiger partial charge in [-0.1, -0.05) is 31.0 Å². The average molecular weight is 269 g/mol. The van der Waals surface area contributed by atoms with Gasteiger partial charge in [0.1, 0.15) is 11.5 Å². The van der Waals surface area contributed by atoms with E-state index < -0.39 is 11.6 Å². The molecule has 0 saturated carbocycles. The Morgan fingerprint density at radius 3 is 2.72 bits per heavy atom. The lowest BCUT2D eigenvalue weighted by atomic mass is 10.0. The maximum absolute atomic E-state index is 13.8. The largest absolute Gasteiger partial charge is 0.236 e. The Morgan fingerprint density at radius 2 is 2.00 bits per heavy atom. The third-order valence-corrected chi connectivity index (χ3v) is 2.93. The van der Waals surface area contributed by atoms with Crippen molar-refractivity contribution in [3.63, 3.8) is 0 Å². The topological polar surface area (TPSA) is 25.8 Å². The van der Waals surface area contributed by atoms with Gasteiger partial charge in [0.15, 0.2) is 11.6 Å². The second-order valence-electron chi connectivity index (χ2n) is 3.84.